The lowest BCUT2D eigenvalue weighted by atomic mass is 9.91. The molecule has 0 radical (unpaired) electrons. The van der Waals surface area contributed by atoms with Crippen molar-refractivity contribution in [3.8, 4) is 33.4 Å². The van der Waals surface area contributed by atoms with Crippen molar-refractivity contribution in [2.75, 3.05) is 4.90 Å². The highest BCUT2D eigenvalue weighted by molar-refractivity contribution is 8.34. The predicted molar refractivity (Wildman–Crippen MR) is 238 cm³/mol. The van der Waals surface area contributed by atoms with Gasteiger partial charge in [-0.3, -0.25) is 0 Å². The molecule has 57 heavy (non-hydrogen) atoms. The molecule has 0 saturated heterocycles. The summed E-state index contributed by atoms with van der Waals surface area (Å²) in [5.74, 6) is 0. The van der Waals surface area contributed by atoms with E-state index >= 15 is 0 Å². The van der Waals surface area contributed by atoms with Gasteiger partial charge in [-0.05, 0) is 107 Å². The van der Waals surface area contributed by atoms with Gasteiger partial charge in [-0.15, -0.1) is 10.0 Å². The van der Waals surface area contributed by atoms with E-state index in [2.05, 4.69) is 223 Å². The van der Waals surface area contributed by atoms with E-state index in [9.17, 15) is 0 Å². The second-order valence-electron chi connectivity index (χ2n) is 14.5. The molecule has 0 unspecified atom stereocenters. The van der Waals surface area contributed by atoms with E-state index < -0.39 is 10.0 Å². The highest BCUT2D eigenvalue weighted by Crippen LogP contribution is 2.80. The zero-order chi connectivity index (χ0) is 37.8. The number of benzene rings is 9. The minimum absolute atomic E-state index is 0.887. The van der Waals surface area contributed by atoms with Gasteiger partial charge in [0.25, 0.3) is 0 Å². The zero-order valence-electron chi connectivity index (χ0n) is 31.1. The summed E-state index contributed by atoms with van der Waals surface area (Å²) in [7, 11) is -1.85. The Balaban J connectivity index is 1.21. The lowest BCUT2D eigenvalue weighted by Crippen LogP contribution is -2.12. The highest BCUT2D eigenvalue weighted by Gasteiger charge is 2.42. The molecule has 0 saturated carbocycles. The van der Waals surface area contributed by atoms with Crippen LogP contribution in [0.3, 0.4) is 0 Å². The fourth-order valence-electron chi connectivity index (χ4n) is 8.87. The molecule has 10 aromatic rings. The van der Waals surface area contributed by atoms with Crippen LogP contribution in [-0.2, 0) is 0 Å². The molecule has 270 valence electrons. The number of anilines is 3. The Morgan fingerprint density at radius 2 is 0.947 bits per heavy atom. The minimum atomic E-state index is -1.85. The van der Waals surface area contributed by atoms with Crippen LogP contribution in [0.1, 0.15) is 0 Å². The normalized spacial score (nSPS) is 13.3. The molecule has 1 aromatic heterocycles. The number of fused-ring (bicyclic) bond motifs is 6. The standard InChI is InChI=1S/C54H37NOS/c1-5-18-38(19-6-1)44-28-17-29-49(54(44)39-32-35-51-48(36-39)45-26-13-15-30-50(45)56-51)55(40-20-7-2-8-21-40)41-33-34-47-46-27-14-16-31-52(46)57(53(47)37-41,42-22-9-3-10-23-42)43-24-11-4-12-25-43/h1-37H. The van der Waals surface area contributed by atoms with Crippen molar-refractivity contribution in [2.24, 2.45) is 0 Å². The Morgan fingerprint density at radius 1 is 0.351 bits per heavy atom. The lowest BCUT2D eigenvalue weighted by Gasteiger charge is -2.40. The molecule has 0 atom stereocenters. The van der Waals surface area contributed by atoms with Crippen molar-refractivity contribution >= 4 is 49.0 Å². The molecule has 9 aromatic carbocycles. The van der Waals surface area contributed by atoms with Gasteiger partial charge in [0.15, 0.2) is 0 Å². The van der Waals surface area contributed by atoms with E-state index in [1.54, 1.807) is 0 Å². The number of furan rings is 1. The van der Waals surface area contributed by atoms with Crippen LogP contribution in [0, 0.1) is 0 Å². The van der Waals surface area contributed by atoms with Crippen molar-refractivity contribution in [2.45, 2.75) is 19.6 Å². The van der Waals surface area contributed by atoms with E-state index in [0.29, 0.717) is 0 Å². The maximum atomic E-state index is 6.33. The summed E-state index contributed by atoms with van der Waals surface area (Å²) in [4.78, 5) is 7.86. The topological polar surface area (TPSA) is 16.4 Å². The minimum Gasteiger partial charge on any atom is -0.456 e. The van der Waals surface area contributed by atoms with E-state index in [0.717, 1.165) is 50.1 Å². The van der Waals surface area contributed by atoms with E-state index in [4.69, 9.17) is 4.42 Å². The highest BCUT2D eigenvalue weighted by atomic mass is 32.3. The zero-order valence-corrected chi connectivity index (χ0v) is 31.9. The first kappa shape index (κ1) is 33.3. The van der Waals surface area contributed by atoms with Crippen molar-refractivity contribution in [1.82, 2.24) is 0 Å². The Hall–Kier alpha value is -7.07. The van der Waals surface area contributed by atoms with Crippen molar-refractivity contribution < 1.29 is 4.42 Å². The van der Waals surface area contributed by atoms with Crippen LogP contribution in [0.15, 0.2) is 248 Å². The molecule has 0 aliphatic carbocycles. The van der Waals surface area contributed by atoms with Gasteiger partial charge in [-0.25, -0.2) is 0 Å². The smallest absolute Gasteiger partial charge is 0.135 e. The summed E-state index contributed by atoms with van der Waals surface area (Å²) in [6, 6.07) is 81.9. The molecule has 1 aliphatic rings. The van der Waals surface area contributed by atoms with Crippen LogP contribution in [0.2, 0.25) is 0 Å². The van der Waals surface area contributed by atoms with Gasteiger partial charge in [-0.1, -0.05) is 146 Å². The Bertz CT molecular complexity index is 3030. The van der Waals surface area contributed by atoms with Crippen molar-refractivity contribution in [3.63, 3.8) is 0 Å². The van der Waals surface area contributed by atoms with Crippen molar-refractivity contribution in [3.05, 3.63) is 224 Å². The molecule has 11 rings (SSSR count). The maximum Gasteiger partial charge on any atom is 0.135 e. The van der Waals surface area contributed by atoms with Gasteiger partial charge in [0, 0.05) is 47.3 Å². The number of hydrogen-bond donors (Lipinski definition) is 0. The first-order valence-corrected chi connectivity index (χ1v) is 21.0. The second-order valence-corrected chi connectivity index (χ2v) is 17.5. The third-order valence-corrected chi connectivity index (χ3v) is 15.3. The molecule has 1 aliphatic heterocycles. The third-order valence-electron chi connectivity index (χ3n) is 11.3. The first-order valence-electron chi connectivity index (χ1n) is 19.4. The summed E-state index contributed by atoms with van der Waals surface area (Å²) >= 11 is 0. The van der Waals surface area contributed by atoms with E-state index in [-0.39, 0.29) is 0 Å². The number of nitrogens with zero attached hydrogens (tertiary/aromatic N) is 1. The van der Waals surface area contributed by atoms with E-state index in [1.165, 1.54) is 41.8 Å². The van der Waals surface area contributed by atoms with Gasteiger partial charge in [0.05, 0.1) is 5.69 Å². The Labute approximate surface area is 334 Å². The van der Waals surface area contributed by atoms with Crippen LogP contribution in [-0.4, -0.2) is 0 Å². The fourth-order valence-corrected chi connectivity index (χ4v) is 13.1. The maximum absolute atomic E-state index is 6.33. The summed E-state index contributed by atoms with van der Waals surface area (Å²) < 4.78 is 6.33. The Morgan fingerprint density at radius 3 is 1.70 bits per heavy atom. The second kappa shape index (κ2) is 13.6. The number of para-hydroxylation sites is 2. The van der Waals surface area contributed by atoms with Crippen LogP contribution in [0.25, 0.3) is 55.3 Å². The predicted octanol–water partition coefficient (Wildman–Crippen LogP) is 15.7. The third kappa shape index (κ3) is 5.28. The van der Waals surface area contributed by atoms with E-state index in [1.807, 2.05) is 6.07 Å². The molecule has 0 N–H and O–H groups in total. The fraction of sp³-hybridized carbons (Fsp3) is 0. The van der Waals surface area contributed by atoms with Crippen LogP contribution < -0.4 is 4.90 Å². The first-order chi connectivity index (χ1) is 28.3. The molecular weight excluding hydrogens is 711 g/mol. The molecule has 3 heteroatoms. The lowest BCUT2D eigenvalue weighted by molar-refractivity contribution is 0.669. The molecule has 0 amide bonds. The molecule has 0 bridgehead atoms. The summed E-state index contributed by atoms with van der Waals surface area (Å²) in [5, 5.41) is 2.23. The summed E-state index contributed by atoms with van der Waals surface area (Å²) in [6.07, 6.45) is 0. The van der Waals surface area contributed by atoms with Crippen LogP contribution in [0.4, 0.5) is 17.1 Å². The summed E-state index contributed by atoms with van der Waals surface area (Å²) in [5.41, 5.74) is 12.3. The van der Waals surface area contributed by atoms with Gasteiger partial charge < -0.3 is 9.32 Å². The van der Waals surface area contributed by atoms with Gasteiger partial charge in [-0.2, -0.15) is 0 Å². The monoisotopic (exact) mass is 747 g/mol. The summed E-state index contributed by atoms with van der Waals surface area (Å²) in [6.45, 7) is 0. The van der Waals surface area contributed by atoms with Gasteiger partial charge in [0.1, 0.15) is 11.2 Å². The van der Waals surface area contributed by atoms with Crippen molar-refractivity contribution in [1.29, 1.82) is 0 Å². The Kier molecular flexibility index (Phi) is 7.94. The molecule has 0 spiro atoms. The quantitative estimate of drug-likeness (QED) is 0.161. The number of rotatable bonds is 7. The van der Waals surface area contributed by atoms with Crippen LogP contribution >= 0.6 is 10.0 Å². The number of hydrogen-bond acceptors (Lipinski definition) is 2. The van der Waals surface area contributed by atoms with Gasteiger partial charge in [0.2, 0.25) is 0 Å². The average Bonchev–Trinajstić information content (AvgIpc) is 3.81. The van der Waals surface area contributed by atoms with Gasteiger partial charge >= 0.3 is 0 Å². The molecular formula is C54H37NOS. The largest absolute Gasteiger partial charge is 0.456 e. The SMILES string of the molecule is c1ccc(-c2cccc(N(c3ccccc3)c3ccc4c(c3)S(c3ccccc3)(c3ccccc3)c3ccccc3-4)c2-c2ccc3oc4ccccc4c3c2)cc1. The average molecular weight is 748 g/mol. The molecule has 2 heterocycles. The molecule has 2 nitrogen and oxygen atoms in total. The van der Waals surface area contributed by atoms with Crippen LogP contribution in [0.5, 0.6) is 0 Å². The molecule has 0 fully saturated rings.